The van der Waals surface area contributed by atoms with Crippen LogP contribution in [0.5, 0.6) is 0 Å². The van der Waals surface area contributed by atoms with Crippen molar-refractivity contribution < 1.29 is 46.2 Å². The standard InChI is InChI=1S/C6H11F3O7S/c7-6(8,9)17(14,15)16-2-4(12)5(13)3(11)1-10/h3-5,10-13H,1-2H2/t3-,4-,5-/m1/s1. The molecule has 0 aliphatic heterocycles. The highest BCUT2D eigenvalue weighted by Crippen LogP contribution is 2.24. The third-order valence-corrected chi connectivity index (χ3v) is 2.67. The molecule has 104 valence electrons. The summed E-state index contributed by atoms with van der Waals surface area (Å²) in [7, 11) is -5.87. The highest BCUT2D eigenvalue weighted by Gasteiger charge is 2.47. The Balaban J connectivity index is 4.40. The highest BCUT2D eigenvalue weighted by molar-refractivity contribution is 7.87. The van der Waals surface area contributed by atoms with Crippen LogP contribution in [0.2, 0.25) is 0 Å². The summed E-state index contributed by atoms with van der Waals surface area (Å²) >= 11 is 0. The maximum atomic E-state index is 11.8. The molecule has 0 fully saturated rings. The molecule has 4 N–H and O–H groups in total. The molecule has 0 aliphatic rings. The third kappa shape index (κ3) is 4.73. The molecule has 0 aromatic carbocycles. The van der Waals surface area contributed by atoms with E-state index < -0.39 is 47.2 Å². The van der Waals surface area contributed by atoms with Crippen LogP contribution >= 0.6 is 0 Å². The maximum absolute atomic E-state index is 11.8. The summed E-state index contributed by atoms with van der Waals surface area (Å²) in [5.74, 6) is 0. The Hall–Kier alpha value is -0.460. The van der Waals surface area contributed by atoms with Gasteiger partial charge < -0.3 is 20.4 Å². The van der Waals surface area contributed by atoms with Gasteiger partial charge in [0.1, 0.15) is 18.3 Å². The van der Waals surface area contributed by atoms with Crippen molar-refractivity contribution in [3.63, 3.8) is 0 Å². The van der Waals surface area contributed by atoms with Gasteiger partial charge in [0.2, 0.25) is 0 Å². The van der Waals surface area contributed by atoms with E-state index in [1.807, 2.05) is 0 Å². The van der Waals surface area contributed by atoms with Crippen LogP contribution in [0.4, 0.5) is 13.2 Å². The average molecular weight is 284 g/mol. The minimum absolute atomic E-state index is 0.968. The van der Waals surface area contributed by atoms with Crippen LogP contribution in [-0.2, 0) is 14.3 Å². The van der Waals surface area contributed by atoms with Crippen LogP contribution in [-0.4, -0.2) is 65.9 Å². The molecule has 0 aliphatic carbocycles. The zero-order valence-corrected chi connectivity index (χ0v) is 9.02. The van der Waals surface area contributed by atoms with Crippen LogP contribution in [0.3, 0.4) is 0 Å². The second kappa shape index (κ2) is 5.93. The van der Waals surface area contributed by atoms with Crippen molar-refractivity contribution in [2.24, 2.45) is 0 Å². The summed E-state index contributed by atoms with van der Waals surface area (Å²) in [5, 5.41) is 35.1. The van der Waals surface area contributed by atoms with Gasteiger partial charge >= 0.3 is 15.6 Å². The molecule has 0 radical (unpaired) electrons. The Morgan fingerprint density at radius 1 is 1.12 bits per heavy atom. The molecule has 0 aromatic rings. The van der Waals surface area contributed by atoms with Crippen molar-refractivity contribution >= 4 is 10.1 Å². The lowest BCUT2D eigenvalue weighted by atomic mass is 10.1. The van der Waals surface area contributed by atoms with Crippen LogP contribution < -0.4 is 0 Å². The van der Waals surface area contributed by atoms with Gasteiger partial charge in [-0.3, -0.25) is 4.18 Å². The first kappa shape index (κ1) is 16.5. The van der Waals surface area contributed by atoms with Crippen LogP contribution in [0, 0.1) is 0 Å². The van der Waals surface area contributed by atoms with E-state index in [0.717, 1.165) is 0 Å². The van der Waals surface area contributed by atoms with Gasteiger partial charge in [-0.2, -0.15) is 21.6 Å². The van der Waals surface area contributed by atoms with E-state index in [2.05, 4.69) is 4.18 Å². The smallest absolute Gasteiger partial charge is 0.394 e. The SMILES string of the molecule is O=S(=O)(OC[C@@H](O)[C@H](O)[C@H](O)CO)C(F)(F)F. The zero-order chi connectivity index (χ0) is 13.9. The molecular weight excluding hydrogens is 273 g/mol. The normalized spacial score (nSPS) is 18.8. The van der Waals surface area contributed by atoms with Crippen molar-refractivity contribution in [3.8, 4) is 0 Å². The zero-order valence-electron chi connectivity index (χ0n) is 8.20. The van der Waals surface area contributed by atoms with Gasteiger partial charge in [0.05, 0.1) is 13.2 Å². The summed E-state index contributed by atoms with van der Waals surface area (Å²) in [6, 6.07) is 0. The number of aliphatic hydroxyl groups excluding tert-OH is 4. The first-order chi connectivity index (χ1) is 7.53. The Bertz CT molecular complexity index is 327. The fourth-order valence-corrected chi connectivity index (χ4v) is 1.14. The number of alkyl halides is 3. The molecule has 0 saturated heterocycles. The molecule has 0 amide bonds. The topological polar surface area (TPSA) is 124 Å². The number of hydrogen-bond donors (Lipinski definition) is 4. The van der Waals surface area contributed by atoms with E-state index in [1.165, 1.54) is 0 Å². The molecule has 0 rings (SSSR count). The predicted molar refractivity (Wildman–Crippen MR) is 46.0 cm³/mol. The van der Waals surface area contributed by atoms with Gasteiger partial charge in [-0.1, -0.05) is 0 Å². The van der Waals surface area contributed by atoms with Crippen molar-refractivity contribution in [1.29, 1.82) is 0 Å². The van der Waals surface area contributed by atoms with E-state index in [9.17, 15) is 21.6 Å². The number of halogens is 3. The van der Waals surface area contributed by atoms with E-state index in [1.54, 1.807) is 0 Å². The average Bonchev–Trinajstić information content (AvgIpc) is 2.22. The molecule has 0 heterocycles. The molecular formula is C6H11F3O7S. The van der Waals surface area contributed by atoms with Gasteiger partial charge in [-0.25, -0.2) is 0 Å². The summed E-state index contributed by atoms with van der Waals surface area (Å²) in [4.78, 5) is 0. The second-order valence-electron chi connectivity index (χ2n) is 2.99. The van der Waals surface area contributed by atoms with E-state index in [4.69, 9.17) is 20.4 Å². The fourth-order valence-electron chi connectivity index (χ4n) is 0.689. The third-order valence-electron chi connectivity index (χ3n) is 1.65. The lowest BCUT2D eigenvalue weighted by Gasteiger charge is -2.21. The summed E-state index contributed by atoms with van der Waals surface area (Å²) in [6.45, 7) is -2.37. The van der Waals surface area contributed by atoms with Crippen molar-refractivity contribution in [2.45, 2.75) is 23.8 Å². The van der Waals surface area contributed by atoms with Crippen LogP contribution in [0.25, 0.3) is 0 Å². The fraction of sp³-hybridized carbons (Fsp3) is 1.00. The molecule has 0 saturated carbocycles. The van der Waals surface area contributed by atoms with Gasteiger partial charge in [-0.15, -0.1) is 0 Å². The molecule has 0 aromatic heterocycles. The number of aliphatic hydroxyl groups is 4. The Kier molecular flexibility index (Phi) is 5.77. The molecule has 0 spiro atoms. The molecule has 7 nitrogen and oxygen atoms in total. The largest absolute Gasteiger partial charge is 0.523 e. The van der Waals surface area contributed by atoms with Gasteiger partial charge in [0, 0.05) is 0 Å². The first-order valence-corrected chi connectivity index (χ1v) is 5.54. The lowest BCUT2D eigenvalue weighted by molar-refractivity contribution is -0.0922. The second-order valence-corrected chi connectivity index (χ2v) is 4.60. The Morgan fingerprint density at radius 3 is 1.94 bits per heavy atom. The molecule has 17 heavy (non-hydrogen) atoms. The maximum Gasteiger partial charge on any atom is 0.523 e. The van der Waals surface area contributed by atoms with E-state index in [-0.39, 0.29) is 0 Å². The monoisotopic (exact) mass is 284 g/mol. The molecule has 11 heteroatoms. The predicted octanol–water partition coefficient (Wildman–Crippen LogP) is -2.07. The minimum Gasteiger partial charge on any atom is -0.394 e. The van der Waals surface area contributed by atoms with Crippen molar-refractivity contribution in [3.05, 3.63) is 0 Å². The highest BCUT2D eigenvalue weighted by atomic mass is 32.2. The van der Waals surface area contributed by atoms with Gasteiger partial charge in [-0.05, 0) is 0 Å². The van der Waals surface area contributed by atoms with E-state index >= 15 is 0 Å². The molecule has 0 bridgehead atoms. The van der Waals surface area contributed by atoms with Gasteiger partial charge in [0.15, 0.2) is 0 Å². The van der Waals surface area contributed by atoms with Crippen LogP contribution in [0.15, 0.2) is 0 Å². The first-order valence-electron chi connectivity index (χ1n) is 4.13. The summed E-state index contributed by atoms with van der Waals surface area (Å²) in [6.07, 6.45) is -5.97. The van der Waals surface area contributed by atoms with E-state index in [0.29, 0.717) is 0 Å². The Morgan fingerprint density at radius 2 is 1.59 bits per heavy atom. The van der Waals surface area contributed by atoms with Crippen molar-refractivity contribution in [2.75, 3.05) is 13.2 Å². The number of rotatable bonds is 6. The van der Waals surface area contributed by atoms with Crippen LogP contribution in [0.1, 0.15) is 0 Å². The minimum atomic E-state index is -5.87. The molecule has 3 atom stereocenters. The quantitative estimate of drug-likeness (QED) is 0.326. The lowest BCUT2D eigenvalue weighted by Crippen LogP contribution is -2.43. The molecule has 0 unspecified atom stereocenters. The summed E-state index contributed by atoms with van der Waals surface area (Å²) < 4.78 is 59.4. The van der Waals surface area contributed by atoms with Crippen molar-refractivity contribution in [1.82, 2.24) is 0 Å². The Labute approximate surface area is 94.2 Å². The number of hydrogen-bond acceptors (Lipinski definition) is 7. The van der Waals surface area contributed by atoms with Gasteiger partial charge in [0.25, 0.3) is 0 Å². The summed E-state index contributed by atoms with van der Waals surface area (Å²) in [5.41, 5.74) is -5.65.